The quantitative estimate of drug-likeness (QED) is 0.562. The van der Waals surface area contributed by atoms with E-state index in [1.165, 1.54) is 0 Å². The maximum atomic E-state index is 12.4. The number of nitrogens with one attached hydrogen (secondary N) is 2. The van der Waals surface area contributed by atoms with Crippen molar-refractivity contribution in [3.8, 4) is 5.75 Å². The Balaban J connectivity index is 1.59. The zero-order chi connectivity index (χ0) is 20.8. The molecule has 0 fully saturated rings. The van der Waals surface area contributed by atoms with E-state index in [-0.39, 0.29) is 11.5 Å². The fourth-order valence-electron chi connectivity index (χ4n) is 3.21. The Bertz CT molecular complexity index is 1050. The van der Waals surface area contributed by atoms with Gasteiger partial charge >= 0.3 is 0 Å². The van der Waals surface area contributed by atoms with Gasteiger partial charge in [0.15, 0.2) is 0 Å². The van der Waals surface area contributed by atoms with E-state index < -0.39 is 0 Å². The zero-order valence-corrected chi connectivity index (χ0v) is 17.3. The van der Waals surface area contributed by atoms with Crippen LogP contribution in [-0.2, 0) is 6.42 Å². The molecule has 0 aliphatic carbocycles. The average Bonchev–Trinajstić information content (AvgIpc) is 2.72. The van der Waals surface area contributed by atoms with Gasteiger partial charge in [0.1, 0.15) is 5.75 Å². The lowest BCUT2D eigenvalue weighted by molar-refractivity contribution is 0.0954. The second-order valence-corrected chi connectivity index (χ2v) is 7.33. The molecule has 5 heteroatoms. The number of carbonyl (C=O) groups is 1. The summed E-state index contributed by atoms with van der Waals surface area (Å²) < 4.78 is 5.61. The minimum Gasteiger partial charge on any atom is -0.494 e. The largest absolute Gasteiger partial charge is 0.494 e. The maximum absolute atomic E-state index is 12.4. The van der Waals surface area contributed by atoms with Gasteiger partial charge < -0.3 is 15.0 Å². The van der Waals surface area contributed by atoms with Crippen molar-refractivity contribution in [1.29, 1.82) is 0 Å². The van der Waals surface area contributed by atoms with Gasteiger partial charge in [0.2, 0.25) is 0 Å². The van der Waals surface area contributed by atoms with Crippen LogP contribution in [0.3, 0.4) is 0 Å². The van der Waals surface area contributed by atoms with Crippen molar-refractivity contribution in [2.75, 3.05) is 13.2 Å². The smallest absolute Gasteiger partial charge is 0.251 e. The molecule has 0 unspecified atom stereocenters. The van der Waals surface area contributed by atoms with Crippen LogP contribution in [0.1, 0.15) is 46.8 Å². The molecular weight excluding hydrogens is 364 g/mol. The lowest BCUT2D eigenvalue weighted by Crippen LogP contribution is -2.27. The summed E-state index contributed by atoms with van der Waals surface area (Å²) in [6.07, 6.45) is 2.57. The predicted octanol–water partition coefficient (Wildman–Crippen LogP) is 4.30. The van der Waals surface area contributed by atoms with Crippen LogP contribution in [-0.4, -0.2) is 24.0 Å². The van der Waals surface area contributed by atoms with Crippen LogP contribution in [0.25, 0.3) is 10.9 Å². The highest BCUT2D eigenvalue weighted by Gasteiger charge is 2.09. The van der Waals surface area contributed by atoms with E-state index in [2.05, 4.69) is 23.3 Å². The number of rotatable bonds is 8. The van der Waals surface area contributed by atoms with Crippen molar-refractivity contribution in [1.82, 2.24) is 10.3 Å². The lowest BCUT2D eigenvalue weighted by atomic mass is 10.0. The molecule has 152 valence electrons. The summed E-state index contributed by atoms with van der Waals surface area (Å²) in [5, 5.41) is 3.89. The topological polar surface area (TPSA) is 71.2 Å². The number of aryl methyl sites for hydroxylation is 2. The van der Waals surface area contributed by atoms with Crippen molar-refractivity contribution in [2.45, 2.75) is 40.0 Å². The molecule has 2 N–H and O–H groups in total. The number of ether oxygens (including phenoxy) is 1. The first kappa shape index (κ1) is 20.6. The number of carbonyl (C=O) groups excluding carboxylic acids is 1. The molecule has 0 saturated heterocycles. The normalized spacial score (nSPS) is 10.9. The number of aromatic nitrogens is 1. The molecule has 0 radical (unpaired) electrons. The lowest BCUT2D eigenvalue weighted by Gasteiger charge is -2.09. The average molecular weight is 392 g/mol. The van der Waals surface area contributed by atoms with Crippen LogP contribution in [0.4, 0.5) is 0 Å². The van der Waals surface area contributed by atoms with E-state index in [0.717, 1.165) is 40.6 Å². The van der Waals surface area contributed by atoms with Crippen molar-refractivity contribution in [2.24, 2.45) is 0 Å². The molecule has 1 heterocycles. The number of aromatic amines is 1. The van der Waals surface area contributed by atoms with Gasteiger partial charge in [-0.25, -0.2) is 0 Å². The van der Waals surface area contributed by atoms with Crippen molar-refractivity contribution >= 4 is 16.8 Å². The Morgan fingerprint density at radius 3 is 2.59 bits per heavy atom. The standard InChI is InChI=1S/C24H28N2O3/c1-4-5-14-29-21-10-8-18(9-11-21)23(27)25-13-12-20-15-19-7-6-16(2)17(3)22(19)26-24(20)28/h6-11,15H,4-5,12-14H2,1-3H3,(H,25,27)(H,26,28). The first-order valence-corrected chi connectivity index (χ1v) is 10.1. The molecule has 0 saturated carbocycles. The number of unbranched alkanes of at least 4 members (excludes halogenated alkanes) is 1. The number of H-pyrrole nitrogens is 1. The summed E-state index contributed by atoms with van der Waals surface area (Å²) in [7, 11) is 0. The van der Waals surface area contributed by atoms with Crippen molar-refractivity contribution in [3.05, 3.63) is 75.1 Å². The number of hydrogen-bond acceptors (Lipinski definition) is 3. The molecule has 0 aliphatic rings. The van der Waals surface area contributed by atoms with E-state index in [0.29, 0.717) is 30.7 Å². The molecule has 0 atom stereocenters. The number of amides is 1. The van der Waals surface area contributed by atoms with E-state index in [1.54, 1.807) is 12.1 Å². The second-order valence-electron chi connectivity index (χ2n) is 7.33. The highest BCUT2D eigenvalue weighted by atomic mass is 16.5. The number of pyridine rings is 1. The molecule has 0 spiro atoms. The van der Waals surface area contributed by atoms with E-state index in [1.807, 2.05) is 38.1 Å². The van der Waals surface area contributed by atoms with E-state index in [4.69, 9.17) is 4.74 Å². The molecule has 0 aliphatic heterocycles. The van der Waals surface area contributed by atoms with Gasteiger partial charge in [-0.05, 0) is 73.5 Å². The fourth-order valence-corrected chi connectivity index (χ4v) is 3.21. The van der Waals surface area contributed by atoms with Gasteiger partial charge in [0, 0.05) is 17.7 Å². The van der Waals surface area contributed by atoms with Crippen LogP contribution in [0, 0.1) is 13.8 Å². The fraction of sp³-hybridized carbons (Fsp3) is 0.333. The number of benzene rings is 2. The van der Waals surface area contributed by atoms with Gasteiger partial charge in [-0.1, -0.05) is 25.5 Å². The maximum Gasteiger partial charge on any atom is 0.251 e. The third kappa shape index (κ3) is 5.05. The van der Waals surface area contributed by atoms with Gasteiger partial charge in [-0.3, -0.25) is 9.59 Å². The Morgan fingerprint density at radius 2 is 1.86 bits per heavy atom. The minimum atomic E-state index is -0.159. The third-order valence-corrected chi connectivity index (χ3v) is 5.19. The molecule has 29 heavy (non-hydrogen) atoms. The van der Waals surface area contributed by atoms with Crippen LogP contribution in [0.5, 0.6) is 5.75 Å². The van der Waals surface area contributed by atoms with Gasteiger partial charge in [0.25, 0.3) is 11.5 Å². The Labute approximate surface area is 171 Å². The summed E-state index contributed by atoms with van der Waals surface area (Å²) in [6, 6.07) is 13.1. The van der Waals surface area contributed by atoms with Crippen LogP contribution in [0.15, 0.2) is 47.3 Å². The van der Waals surface area contributed by atoms with Crippen LogP contribution in [0.2, 0.25) is 0 Å². The first-order chi connectivity index (χ1) is 14.0. The van der Waals surface area contributed by atoms with Crippen LogP contribution >= 0.6 is 0 Å². The monoisotopic (exact) mass is 392 g/mol. The molecule has 3 aromatic rings. The summed E-state index contributed by atoms with van der Waals surface area (Å²) in [5.74, 6) is 0.608. The molecule has 1 aromatic heterocycles. The van der Waals surface area contributed by atoms with Gasteiger partial charge in [-0.15, -0.1) is 0 Å². The first-order valence-electron chi connectivity index (χ1n) is 10.1. The van der Waals surface area contributed by atoms with E-state index >= 15 is 0 Å². The summed E-state index contributed by atoms with van der Waals surface area (Å²) >= 11 is 0. The molecular formula is C24H28N2O3. The van der Waals surface area contributed by atoms with Crippen molar-refractivity contribution < 1.29 is 9.53 Å². The number of hydrogen-bond donors (Lipinski definition) is 2. The summed E-state index contributed by atoms with van der Waals surface area (Å²) in [6.45, 7) is 7.23. The highest BCUT2D eigenvalue weighted by molar-refractivity contribution is 5.94. The molecule has 1 amide bonds. The van der Waals surface area contributed by atoms with Gasteiger partial charge in [-0.2, -0.15) is 0 Å². The van der Waals surface area contributed by atoms with E-state index in [9.17, 15) is 9.59 Å². The summed E-state index contributed by atoms with van der Waals surface area (Å²) in [5.41, 5.74) is 4.25. The van der Waals surface area contributed by atoms with Crippen molar-refractivity contribution in [3.63, 3.8) is 0 Å². The van der Waals surface area contributed by atoms with Gasteiger partial charge in [0.05, 0.1) is 12.1 Å². The SMILES string of the molecule is CCCCOc1ccc(C(=O)NCCc2cc3ccc(C)c(C)c3[nH]c2=O)cc1. The zero-order valence-electron chi connectivity index (χ0n) is 17.3. The molecule has 0 bridgehead atoms. The Morgan fingerprint density at radius 1 is 1.10 bits per heavy atom. The Kier molecular flexibility index (Phi) is 6.70. The highest BCUT2D eigenvalue weighted by Crippen LogP contribution is 2.19. The van der Waals surface area contributed by atoms with Crippen LogP contribution < -0.4 is 15.6 Å². The third-order valence-electron chi connectivity index (χ3n) is 5.19. The molecule has 3 rings (SSSR count). The number of fused-ring (bicyclic) bond motifs is 1. The minimum absolute atomic E-state index is 0.103. The molecule has 5 nitrogen and oxygen atoms in total. The predicted molar refractivity (Wildman–Crippen MR) is 117 cm³/mol. The Hall–Kier alpha value is -3.08. The molecule has 2 aromatic carbocycles. The second kappa shape index (κ2) is 9.41. The summed E-state index contributed by atoms with van der Waals surface area (Å²) in [4.78, 5) is 27.7.